The van der Waals surface area contributed by atoms with Gasteiger partial charge < -0.3 is 15.5 Å². The first kappa shape index (κ1) is 17.0. The van der Waals surface area contributed by atoms with Crippen molar-refractivity contribution in [2.75, 3.05) is 16.8 Å². The van der Waals surface area contributed by atoms with Crippen LogP contribution in [-0.2, 0) is 4.79 Å². The molecule has 0 saturated carbocycles. The molecule has 0 radical (unpaired) electrons. The van der Waals surface area contributed by atoms with Crippen LogP contribution in [0.2, 0.25) is 0 Å². The van der Waals surface area contributed by atoms with Gasteiger partial charge in [0.25, 0.3) is 0 Å². The number of anilines is 2. The second-order valence-electron chi connectivity index (χ2n) is 6.28. The van der Waals surface area contributed by atoms with E-state index < -0.39 is 12.1 Å². The van der Waals surface area contributed by atoms with Crippen LogP contribution in [0.25, 0.3) is 0 Å². The van der Waals surface area contributed by atoms with Crippen molar-refractivity contribution in [3.8, 4) is 0 Å². The molecule has 0 unspecified atom stereocenters. The molecule has 1 aliphatic heterocycles. The number of hydrogen-bond donors (Lipinski definition) is 2. The van der Waals surface area contributed by atoms with Crippen LogP contribution in [0.5, 0.6) is 0 Å². The Morgan fingerprint density at radius 2 is 1.76 bits per heavy atom. The summed E-state index contributed by atoms with van der Waals surface area (Å²) in [6.45, 7) is 4.40. The van der Waals surface area contributed by atoms with Gasteiger partial charge in [0.2, 0.25) is 5.91 Å². The maximum absolute atomic E-state index is 13.0. The van der Waals surface area contributed by atoms with Gasteiger partial charge in [-0.3, -0.25) is 4.79 Å². The highest BCUT2D eigenvalue weighted by Gasteiger charge is 2.33. The van der Waals surface area contributed by atoms with Crippen LogP contribution in [0.4, 0.5) is 20.6 Å². The van der Waals surface area contributed by atoms with Gasteiger partial charge in [-0.25, -0.2) is 9.18 Å². The highest BCUT2D eigenvalue weighted by atomic mass is 19.1. The molecule has 0 aromatic heterocycles. The zero-order valence-electron chi connectivity index (χ0n) is 14.2. The van der Waals surface area contributed by atoms with Crippen molar-refractivity contribution in [3.63, 3.8) is 0 Å². The first-order valence-corrected chi connectivity index (χ1v) is 8.15. The van der Waals surface area contributed by atoms with Crippen LogP contribution in [0.1, 0.15) is 17.5 Å². The number of amides is 3. The number of hydrogen-bond acceptors (Lipinski definition) is 2. The van der Waals surface area contributed by atoms with Crippen LogP contribution >= 0.6 is 0 Å². The third-order valence-electron chi connectivity index (χ3n) is 4.13. The van der Waals surface area contributed by atoms with E-state index in [1.165, 1.54) is 12.1 Å². The predicted octanol–water partition coefficient (Wildman–Crippen LogP) is 3.37. The van der Waals surface area contributed by atoms with E-state index >= 15 is 0 Å². The number of nitrogens with zero attached hydrogens (tertiary/aromatic N) is 1. The van der Waals surface area contributed by atoms with Gasteiger partial charge in [0.15, 0.2) is 0 Å². The zero-order valence-corrected chi connectivity index (χ0v) is 14.2. The summed E-state index contributed by atoms with van der Waals surface area (Å²) in [5.74, 6) is -0.542. The summed E-state index contributed by atoms with van der Waals surface area (Å²) in [5.41, 5.74) is 3.42. The van der Waals surface area contributed by atoms with Crippen molar-refractivity contribution in [1.82, 2.24) is 5.32 Å². The summed E-state index contributed by atoms with van der Waals surface area (Å²) >= 11 is 0. The summed E-state index contributed by atoms with van der Waals surface area (Å²) in [7, 11) is 0. The lowest BCUT2D eigenvalue weighted by atomic mass is 10.1. The Balaban J connectivity index is 1.62. The van der Waals surface area contributed by atoms with Gasteiger partial charge in [-0.1, -0.05) is 6.07 Å². The molecule has 0 bridgehead atoms. The van der Waals surface area contributed by atoms with Crippen molar-refractivity contribution in [3.05, 3.63) is 59.4 Å². The highest BCUT2D eigenvalue weighted by Crippen LogP contribution is 2.22. The zero-order chi connectivity index (χ0) is 18.0. The number of benzene rings is 2. The predicted molar refractivity (Wildman–Crippen MR) is 95.2 cm³/mol. The van der Waals surface area contributed by atoms with E-state index in [1.807, 2.05) is 32.0 Å². The van der Waals surface area contributed by atoms with Crippen molar-refractivity contribution in [2.45, 2.75) is 26.3 Å². The minimum Gasteiger partial charge on any atom is -0.326 e. The van der Waals surface area contributed by atoms with Crippen molar-refractivity contribution < 1.29 is 14.0 Å². The largest absolute Gasteiger partial charge is 0.326 e. The highest BCUT2D eigenvalue weighted by molar-refractivity contribution is 6.02. The van der Waals surface area contributed by atoms with E-state index in [0.717, 1.165) is 11.1 Å². The van der Waals surface area contributed by atoms with Gasteiger partial charge in [-0.2, -0.15) is 0 Å². The lowest BCUT2D eigenvalue weighted by Gasteiger charge is -2.17. The van der Waals surface area contributed by atoms with Crippen LogP contribution < -0.4 is 15.5 Å². The van der Waals surface area contributed by atoms with E-state index in [2.05, 4.69) is 10.6 Å². The third-order valence-corrected chi connectivity index (χ3v) is 4.13. The minimum absolute atomic E-state index is 0.192. The lowest BCUT2D eigenvalue weighted by molar-refractivity contribution is -0.118. The van der Waals surface area contributed by atoms with E-state index in [4.69, 9.17) is 0 Å². The van der Waals surface area contributed by atoms with Crippen LogP contribution in [0.3, 0.4) is 0 Å². The van der Waals surface area contributed by atoms with Gasteiger partial charge in [0.05, 0.1) is 0 Å². The molecule has 6 heteroatoms. The van der Waals surface area contributed by atoms with Crippen molar-refractivity contribution in [1.29, 1.82) is 0 Å². The van der Waals surface area contributed by atoms with Gasteiger partial charge >= 0.3 is 6.03 Å². The molecule has 2 aromatic carbocycles. The summed E-state index contributed by atoms with van der Waals surface area (Å²) in [6, 6.07) is 10.5. The van der Waals surface area contributed by atoms with E-state index in [-0.39, 0.29) is 11.7 Å². The number of rotatable bonds is 3. The number of carbonyl (C=O) groups excluding carboxylic acids is 2. The fourth-order valence-electron chi connectivity index (χ4n) is 3.06. The molecule has 3 rings (SSSR count). The monoisotopic (exact) mass is 341 g/mol. The fourth-order valence-corrected chi connectivity index (χ4v) is 3.06. The lowest BCUT2D eigenvalue weighted by Crippen LogP contribution is -2.43. The maximum atomic E-state index is 13.0. The van der Waals surface area contributed by atoms with Crippen LogP contribution in [0.15, 0.2) is 42.5 Å². The molecule has 2 N–H and O–H groups in total. The van der Waals surface area contributed by atoms with E-state index in [0.29, 0.717) is 24.3 Å². The van der Waals surface area contributed by atoms with Gasteiger partial charge in [0, 0.05) is 17.9 Å². The molecule has 0 spiro atoms. The molecule has 5 nitrogen and oxygen atoms in total. The van der Waals surface area contributed by atoms with E-state index in [9.17, 15) is 14.0 Å². The van der Waals surface area contributed by atoms with Gasteiger partial charge in [-0.15, -0.1) is 0 Å². The first-order chi connectivity index (χ1) is 11.9. The molecule has 2 aromatic rings. The molecular formula is C19H20FN3O2. The molecule has 1 atom stereocenters. The quantitative estimate of drug-likeness (QED) is 0.899. The topological polar surface area (TPSA) is 61.4 Å². The normalized spacial score (nSPS) is 16.8. The Kier molecular flexibility index (Phi) is 4.70. The minimum atomic E-state index is -0.587. The van der Waals surface area contributed by atoms with Gasteiger partial charge in [0.1, 0.15) is 11.9 Å². The van der Waals surface area contributed by atoms with Gasteiger partial charge in [-0.05, 0) is 67.8 Å². The van der Waals surface area contributed by atoms with Crippen LogP contribution in [-0.4, -0.2) is 24.5 Å². The summed E-state index contributed by atoms with van der Waals surface area (Å²) in [6.07, 6.45) is 0.510. The Bertz CT molecular complexity index is 785. The van der Waals surface area contributed by atoms with Crippen molar-refractivity contribution in [2.24, 2.45) is 0 Å². The number of aryl methyl sites for hydroxylation is 2. The Morgan fingerprint density at radius 3 is 2.40 bits per heavy atom. The van der Waals surface area contributed by atoms with Crippen LogP contribution in [0, 0.1) is 19.7 Å². The Labute approximate surface area is 145 Å². The number of nitrogens with one attached hydrogen (secondary N) is 2. The smallest absolute Gasteiger partial charge is 0.319 e. The molecule has 1 heterocycles. The summed E-state index contributed by atoms with van der Waals surface area (Å²) in [5, 5.41) is 5.47. The Hall–Kier alpha value is -2.89. The average molecular weight is 341 g/mol. The summed E-state index contributed by atoms with van der Waals surface area (Å²) < 4.78 is 13.0. The molecule has 1 aliphatic rings. The molecule has 1 saturated heterocycles. The molecule has 25 heavy (non-hydrogen) atoms. The second-order valence-corrected chi connectivity index (χ2v) is 6.28. The molecular weight excluding hydrogens is 321 g/mol. The number of halogens is 1. The molecule has 1 fully saturated rings. The fraction of sp³-hybridized carbons (Fsp3) is 0.263. The maximum Gasteiger partial charge on any atom is 0.319 e. The van der Waals surface area contributed by atoms with Crippen molar-refractivity contribution >= 4 is 23.3 Å². The second kappa shape index (κ2) is 6.93. The third kappa shape index (κ3) is 3.96. The summed E-state index contributed by atoms with van der Waals surface area (Å²) in [4.78, 5) is 26.2. The number of urea groups is 1. The standard InChI is InChI=1S/C19H20FN3O2/c1-12-9-13(2)11-15(10-12)21-19(25)22-17-7-8-23(18(17)24)16-5-3-14(20)4-6-16/h3-6,9-11,17H,7-8H2,1-2H3,(H2,21,22,25)/t17-/m1/s1. The van der Waals surface area contributed by atoms with E-state index in [1.54, 1.807) is 17.0 Å². The molecule has 0 aliphatic carbocycles. The average Bonchev–Trinajstić information content (AvgIpc) is 2.88. The molecule has 130 valence electrons. The number of carbonyl (C=O) groups is 2. The first-order valence-electron chi connectivity index (χ1n) is 8.15. The SMILES string of the molecule is Cc1cc(C)cc(NC(=O)N[C@@H]2CCN(c3ccc(F)cc3)C2=O)c1. The molecule has 3 amide bonds. The Morgan fingerprint density at radius 1 is 1.12 bits per heavy atom.